The molecule has 0 heterocycles. The molecule has 0 aromatic carbocycles. The first-order valence-electron chi connectivity index (χ1n) is 7.11. The summed E-state index contributed by atoms with van der Waals surface area (Å²) in [5.41, 5.74) is -0.0301. The summed E-state index contributed by atoms with van der Waals surface area (Å²) in [7, 11) is 5.11. The Morgan fingerprint density at radius 2 is 1.79 bits per heavy atom. The van der Waals surface area contributed by atoms with Gasteiger partial charge in [-0.25, -0.2) is 0 Å². The van der Waals surface area contributed by atoms with Gasteiger partial charge < -0.3 is 20.1 Å². The fourth-order valence-electron chi connectivity index (χ4n) is 2.93. The van der Waals surface area contributed by atoms with E-state index in [9.17, 15) is 4.79 Å². The molecule has 0 saturated heterocycles. The minimum Gasteiger partial charge on any atom is -0.354 e. The number of amides is 1. The number of hydrogen-bond acceptors (Lipinski definition) is 4. The van der Waals surface area contributed by atoms with Gasteiger partial charge in [-0.05, 0) is 26.8 Å². The monoisotopic (exact) mass is 272 g/mol. The first-order chi connectivity index (χ1) is 9.06. The summed E-state index contributed by atoms with van der Waals surface area (Å²) in [6.07, 6.45) is 5.93. The molecule has 5 nitrogen and oxygen atoms in total. The van der Waals surface area contributed by atoms with Gasteiger partial charge in [0, 0.05) is 26.2 Å². The van der Waals surface area contributed by atoms with Crippen molar-refractivity contribution in [3.8, 4) is 0 Å². The molecule has 0 aromatic rings. The van der Waals surface area contributed by atoms with E-state index in [1.807, 2.05) is 14.0 Å². The largest absolute Gasteiger partial charge is 0.354 e. The van der Waals surface area contributed by atoms with Crippen LogP contribution < -0.4 is 10.6 Å². The first-order valence-corrected chi connectivity index (χ1v) is 7.11. The Labute approximate surface area is 116 Å². The third kappa shape index (κ3) is 4.75. The van der Waals surface area contributed by atoms with E-state index in [4.69, 9.17) is 9.47 Å². The molecule has 112 valence electrons. The lowest BCUT2D eigenvalue weighted by Crippen LogP contribution is -2.51. The minimum absolute atomic E-state index is 0.0301. The van der Waals surface area contributed by atoms with Crippen LogP contribution in [0.15, 0.2) is 0 Å². The number of carbonyl (C=O) groups excluding carboxylic acids is 1. The molecule has 0 aliphatic heterocycles. The maximum absolute atomic E-state index is 12.2. The van der Waals surface area contributed by atoms with Crippen LogP contribution in [-0.2, 0) is 14.3 Å². The molecule has 19 heavy (non-hydrogen) atoms. The van der Waals surface area contributed by atoms with E-state index in [1.165, 1.54) is 19.3 Å². The fraction of sp³-hybridized carbons (Fsp3) is 0.929. The average molecular weight is 272 g/mol. The van der Waals surface area contributed by atoms with Crippen LogP contribution in [0.25, 0.3) is 0 Å². The summed E-state index contributed by atoms with van der Waals surface area (Å²) in [4.78, 5) is 12.2. The number of methoxy groups -OCH3 is 2. The standard InChI is InChI=1S/C14H28N2O3/c1-11(13(18-3)19-4)16-12(17)10-14(15-2)8-6-5-7-9-14/h11,13,15H,5-10H2,1-4H3,(H,16,17). The van der Waals surface area contributed by atoms with Crippen molar-refractivity contribution in [1.29, 1.82) is 0 Å². The molecule has 0 radical (unpaired) electrons. The molecule has 1 aliphatic carbocycles. The molecule has 1 aliphatic rings. The van der Waals surface area contributed by atoms with E-state index in [2.05, 4.69) is 10.6 Å². The fourth-order valence-corrected chi connectivity index (χ4v) is 2.93. The zero-order valence-electron chi connectivity index (χ0n) is 12.6. The zero-order valence-corrected chi connectivity index (χ0v) is 12.6. The molecule has 0 bridgehead atoms. The molecule has 1 fully saturated rings. The van der Waals surface area contributed by atoms with Crippen LogP contribution in [-0.4, -0.2) is 45.0 Å². The van der Waals surface area contributed by atoms with Crippen molar-refractivity contribution >= 4 is 5.91 Å². The van der Waals surface area contributed by atoms with Crippen LogP contribution >= 0.6 is 0 Å². The predicted molar refractivity (Wildman–Crippen MR) is 74.9 cm³/mol. The van der Waals surface area contributed by atoms with Crippen LogP contribution in [0.1, 0.15) is 45.4 Å². The molecule has 1 saturated carbocycles. The van der Waals surface area contributed by atoms with Gasteiger partial charge in [-0.1, -0.05) is 19.3 Å². The Hall–Kier alpha value is -0.650. The Balaban J connectivity index is 2.49. The predicted octanol–water partition coefficient (Wildman–Crippen LogP) is 1.42. The molecule has 1 amide bonds. The normalized spacial score (nSPS) is 20.3. The lowest BCUT2D eigenvalue weighted by atomic mass is 9.79. The third-order valence-corrected chi connectivity index (χ3v) is 4.10. The van der Waals surface area contributed by atoms with E-state index >= 15 is 0 Å². The van der Waals surface area contributed by atoms with Crippen LogP contribution in [0.4, 0.5) is 0 Å². The van der Waals surface area contributed by atoms with Crippen molar-refractivity contribution in [3.05, 3.63) is 0 Å². The SMILES string of the molecule is CNC1(CC(=O)NC(C)C(OC)OC)CCCCC1. The van der Waals surface area contributed by atoms with Crippen LogP contribution in [0.5, 0.6) is 0 Å². The van der Waals surface area contributed by atoms with Gasteiger partial charge in [-0.3, -0.25) is 4.79 Å². The quantitative estimate of drug-likeness (QED) is 0.688. The minimum atomic E-state index is -0.402. The maximum Gasteiger partial charge on any atom is 0.222 e. The molecule has 0 spiro atoms. The van der Waals surface area contributed by atoms with Crippen LogP contribution in [0.2, 0.25) is 0 Å². The highest BCUT2D eigenvalue weighted by Crippen LogP contribution is 2.30. The third-order valence-electron chi connectivity index (χ3n) is 4.10. The smallest absolute Gasteiger partial charge is 0.222 e. The van der Waals surface area contributed by atoms with Crippen molar-refractivity contribution in [2.24, 2.45) is 0 Å². The van der Waals surface area contributed by atoms with Crippen molar-refractivity contribution in [3.63, 3.8) is 0 Å². The summed E-state index contributed by atoms with van der Waals surface area (Å²) in [5, 5.41) is 6.31. The van der Waals surface area contributed by atoms with Gasteiger partial charge in [-0.2, -0.15) is 0 Å². The van der Waals surface area contributed by atoms with Crippen molar-refractivity contribution < 1.29 is 14.3 Å². The number of ether oxygens (including phenoxy) is 2. The van der Waals surface area contributed by atoms with Crippen LogP contribution in [0, 0.1) is 0 Å². The van der Waals surface area contributed by atoms with Gasteiger partial charge in [0.05, 0.1) is 6.04 Å². The molecular weight excluding hydrogens is 244 g/mol. The molecular formula is C14H28N2O3. The highest BCUT2D eigenvalue weighted by atomic mass is 16.7. The molecule has 1 unspecified atom stereocenters. The van der Waals surface area contributed by atoms with Gasteiger partial charge in [0.25, 0.3) is 0 Å². The number of carbonyl (C=O) groups is 1. The highest BCUT2D eigenvalue weighted by molar-refractivity contribution is 5.77. The summed E-state index contributed by atoms with van der Waals surface area (Å²) >= 11 is 0. The number of rotatable bonds is 7. The Bertz CT molecular complexity index is 274. The van der Waals surface area contributed by atoms with E-state index in [-0.39, 0.29) is 17.5 Å². The van der Waals surface area contributed by atoms with Crippen LogP contribution in [0.3, 0.4) is 0 Å². The molecule has 2 N–H and O–H groups in total. The van der Waals surface area contributed by atoms with E-state index in [1.54, 1.807) is 14.2 Å². The topological polar surface area (TPSA) is 59.6 Å². The van der Waals surface area contributed by atoms with Gasteiger partial charge in [-0.15, -0.1) is 0 Å². The summed E-state index contributed by atoms with van der Waals surface area (Å²) < 4.78 is 10.3. The van der Waals surface area contributed by atoms with Gasteiger partial charge in [0.1, 0.15) is 0 Å². The molecule has 1 atom stereocenters. The Kier molecular flexibility index (Phi) is 6.75. The van der Waals surface area contributed by atoms with E-state index < -0.39 is 6.29 Å². The lowest BCUT2D eigenvalue weighted by Gasteiger charge is -2.37. The van der Waals surface area contributed by atoms with Crippen molar-refractivity contribution in [1.82, 2.24) is 10.6 Å². The molecule has 5 heteroatoms. The average Bonchev–Trinajstić information content (AvgIpc) is 2.41. The highest BCUT2D eigenvalue weighted by Gasteiger charge is 2.33. The molecule has 0 aromatic heterocycles. The lowest BCUT2D eigenvalue weighted by molar-refractivity contribution is -0.137. The second kappa shape index (κ2) is 7.82. The van der Waals surface area contributed by atoms with Gasteiger partial charge in [0.15, 0.2) is 6.29 Å². The van der Waals surface area contributed by atoms with Gasteiger partial charge >= 0.3 is 0 Å². The summed E-state index contributed by atoms with van der Waals surface area (Å²) in [5.74, 6) is 0.0582. The van der Waals surface area contributed by atoms with Gasteiger partial charge in [0.2, 0.25) is 5.91 Å². The second-order valence-corrected chi connectivity index (χ2v) is 5.46. The summed E-state index contributed by atoms with van der Waals surface area (Å²) in [6, 6.07) is -0.153. The number of hydrogen-bond donors (Lipinski definition) is 2. The van der Waals surface area contributed by atoms with Crippen molar-refractivity contribution in [2.45, 2.75) is 63.3 Å². The van der Waals surface area contributed by atoms with Crippen molar-refractivity contribution in [2.75, 3.05) is 21.3 Å². The van der Waals surface area contributed by atoms with E-state index in [0.717, 1.165) is 12.8 Å². The van der Waals surface area contributed by atoms with E-state index in [0.29, 0.717) is 6.42 Å². The second-order valence-electron chi connectivity index (χ2n) is 5.46. The number of nitrogens with one attached hydrogen (secondary N) is 2. The first kappa shape index (κ1) is 16.4. The summed E-state index contributed by atoms with van der Waals surface area (Å²) in [6.45, 7) is 1.89. The molecule has 1 rings (SSSR count). The maximum atomic E-state index is 12.2. The Morgan fingerprint density at radius 3 is 2.26 bits per heavy atom. The Morgan fingerprint density at radius 1 is 1.21 bits per heavy atom. The zero-order chi connectivity index (χ0) is 14.3.